The Balaban J connectivity index is 2.07. The van der Waals surface area contributed by atoms with E-state index in [1.165, 1.54) is 11.1 Å². The minimum Gasteiger partial charge on any atom is -0.366 e. The van der Waals surface area contributed by atoms with Crippen molar-refractivity contribution in [2.75, 3.05) is 5.32 Å². The molecule has 0 aliphatic rings. The molecule has 2 rings (SSSR count). The van der Waals surface area contributed by atoms with E-state index in [1.807, 2.05) is 19.9 Å². The molecular weight excluding hydrogens is 218 g/mol. The molecule has 2 aromatic heterocycles. The summed E-state index contributed by atoms with van der Waals surface area (Å²) in [6.07, 6.45) is 0. The Bertz CT molecular complexity index is 471. The third-order valence-electron chi connectivity index (χ3n) is 2.39. The molecule has 84 valence electrons. The van der Waals surface area contributed by atoms with Gasteiger partial charge in [0.05, 0.1) is 0 Å². The number of rotatable bonds is 3. The van der Waals surface area contributed by atoms with Crippen molar-refractivity contribution in [2.24, 2.45) is 0 Å². The van der Waals surface area contributed by atoms with Crippen LogP contribution < -0.4 is 5.32 Å². The molecule has 1 N–H and O–H groups in total. The van der Waals surface area contributed by atoms with Crippen LogP contribution in [0.3, 0.4) is 0 Å². The van der Waals surface area contributed by atoms with Crippen molar-refractivity contribution in [2.45, 2.75) is 27.3 Å². The Kier molecular flexibility index (Phi) is 3.19. The summed E-state index contributed by atoms with van der Waals surface area (Å²) in [4.78, 5) is 8.59. The molecule has 0 bridgehead atoms. The number of hydrogen-bond donors (Lipinski definition) is 1. The van der Waals surface area contributed by atoms with E-state index in [2.05, 4.69) is 33.0 Å². The minimum absolute atomic E-state index is 0.810. The smallest absolute Gasteiger partial charge is 0.130 e. The lowest BCUT2D eigenvalue weighted by molar-refractivity contribution is 0.991. The van der Waals surface area contributed by atoms with Gasteiger partial charge in [0, 0.05) is 18.3 Å². The molecule has 0 radical (unpaired) electrons. The van der Waals surface area contributed by atoms with Gasteiger partial charge in [0.25, 0.3) is 0 Å². The summed E-state index contributed by atoms with van der Waals surface area (Å²) >= 11 is 1.73. The fourth-order valence-electron chi connectivity index (χ4n) is 1.56. The topological polar surface area (TPSA) is 37.8 Å². The summed E-state index contributed by atoms with van der Waals surface area (Å²) in [6, 6.07) is 1.97. The van der Waals surface area contributed by atoms with E-state index in [0.29, 0.717) is 0 Å². The van der Waals surface area contributed by atoms with Gasteiger partial charge in [0.15, 0.2) is 0 Å². The zero-order valence-electron chi connectivity index (χ0n) is 9.74. The van der Waals surface area contributed by atoms with Crippen LogP contribution in [-0.4, -0.2) is 9.97 Å². The minimum atomic E-state index is 0.810. The van der Waals surface area contributed by atoms with Crippen LogP contribution in [0.1, 0.15) is 22.6 Å². The predicted molar refractivity (Wildman–Crippen MR) is 67.9 cm³/mol. The molecule has 4 heteroatoms. The second-order valence-corrected chi connectivity index (χ2v) is 4.62. The second-order valence-electron chi connectivity index (χ2n) is 3.88. The lowest BCUT2D eigenvalue weighted by atomic mass is 10.2. The molecule has 0 aliphatic carbocycles. The number of anilines is 1. The average molecular weight is 233 g/mol. The van der Waals surface area contributed by atoms with Gasteiger partial charge in [0.1, 0.15) is 11.6 Å². The molecule has 3 nitrogen and oxygen atoms in total. The predicted octanol–water partition coefficient (Wildman–Crippen LogP) is 3.08. The average Bonchev–Trinajstić information content (AvgIpc) is 2.59. The van der Waals surface area contributed by atoms with Gasteiger partial charge in [0.2, 0.25) is 0 Å². The number of nitrogens with zero attached hydrogens (tertiary/aromatic N) is 2. The van der Waals surface area contributed by atoms with E-state index in [9.17, 15) is 0 Å². The van der Waals surface area contributed by atoms with Crippen molar-refractivity contribution < 1.29 is 0 Å². The van der Waals surface area contributed by atoms with Gasteiger partial charge in [-0.1, -0.05) is 0 Å². The van der Waals surface area contributed by atoms with Gasteiger partial charge in [-0.3, -0.25) is 0 Å². The normalized spacial score (nSPS) is 10.4. The Labute approximate surface area is 99.6 Å². The molecule has 0 amide bonds. The summed E-state index contributed by atoms with van der Waals surface area (Å²) in [5.41, 5.74) is 3.66. The standard InChI is InChI=1S/C12H15N3S/c1-8-6-16-7-11(8)5-13-12-4-9(2)14-10(3)15-12/h4,6-7H,5H2,1-3H3,(H,13,14,15). The number of thiophene rings is 1. The van der Waals surface area contributed by atoms with Crippen LogP contribution in [0, 0.1) is 20.8 Å². The van der Waals surface area contributed by atoms with Gasteiger partial charge >= 0.3 is 0 Å². The first-order chi connectivity index (χ1) is 7.65. The second kappa shape index (κ2) is 4.61. The molecule has 2 aromatic rings. The Hall–Kier alpha value is -1.42. The van der Waals surface area contributed by atoms with E-state index in [0.717, 1.165) is 23.9 Å². The maximum Gasteiger partial charge on any atom is 0.130 e. The van der Waals surface area contributed by atoms with Gasteiger partial charge < -0.3 is 5.32 Å². The number of nitrogens with one attached hydrogen (secondary N) is 1. The van der Waals surface area contributed by atoms with Crippen LogP contribution >= 0.6 is 11.3 Å². The molecule has 16 heavy (non-hydrogen) atoms. The Morgan fingerprint density at radius 2 is 2.00 bits per heavy atom. The highest BCUT2D eigenvalue weighted by molar-refractivity contribution is 7.08. The molecule has 0 spiro atoms. The Morgan fingerprint density at radius 3 is 2.62 bits per heavy atom. The summed E-state index contributed by atoms with van der Waals surface area (Å²) in [7, 11) is 0. The molecule has 0 unspecified atom stereocenters. The van der Waals surface area contributed by atoms with E-state index in [4.69, 9.17) is 0 Å². The molecule has 0 aliphatic heterocycles. The monoisotopic (exact) mass is 233 g/mol. The number of aryl methyl sites for hydroxylation is 3. The maximum atomic E-state index is 4.34. The highest BCUT2D eigenvalue weighted by Crippen LogP contribution is 2.15. The van der Waals surface area contributed by atoms with Crippen molar-refractivity contribution in [1.29, 1.82) is 0 Å². The van der Waals surface area contributed by atoms with Crippen molar-refractivity contribution >= 4 is 17.2 Å². The first-order valence-corrected chi connectivity index (χ1v) is 6.17. The molecule has 0 fully saturated rings. The molecule has 2 heterocycles. The van der Waals surface area contributed by atoms with Crippen LogP contribution in [0.2, 0.25) is 0 Å². The van der Waals surface area contributed by atoms with Gasteiger partial charge in [-0.2, -0.15) is 11.3 Å². The van der Waals surface area contributed by atoms with Crippen molar-refractivity contribution in [3.8, 4) is 0 Å². The SMILES string of the molecule is Cc1cc(NCc2cscc2C)nc(C)n1. The van der Waals surface area contributed by atoms with Gasteiger partial charge in [-0.15, -0.1) is 0 Å². The summed E-state index contributed by atoms with van der Waals surface area (Å²) in [5.74, 6) is 1.71. The molecule has 0 aromatic carbocycles. The van der Waals surface area contributed by atoms with E-state index < -0.39 is 0 Å². The summed E-state index contributed by atoms with van der Waals surface area (Å²) in [6.45, 7) is 6.85. The zero-order chi connectivity index (χ0) is 11.5. The summed E-state index contributed by atoms with van der Waals surface area (Å²) in [5, 5.41) is 7.66. The van der Waals surface area contributed by atoms with Crippen LogP contribution in [0.15, 0.2) is 16.8 Å². The number of hydrogen-bond acceptors (Lipinski definition) is 4. The molecular formula is C12H15N3S. The van der Waals surface area contributed by atoms with E-state index >= 15 is 0 Å². The van der Waals surface area contributed by atoms with Crippen molar-refractivity contribution in [3.63, 3.8) is 0 Å². The zero-order valence-corrected chi connectivity index (χ0v) is 10.6. The first-order valence-electron chi connectivity index (χ1n) is 5.23. The first kappa shape index (κ1) is 11.1. The third kappa shape index (κ3) is 2.58. The fraction of sp³-hybridized carbons (Fsp3) is 0.333. The molecule has 0 saturated carbocycles. The fourth-order valence-corrected chi connectivity index (χ4v) is 2.42. The lowest BCUT2D eigenvalue weighted by Gasteiger charge is -2.06. The summed E-state index contributed by atoms with van der Waals surface area (Å²) < 4.78 is 0. The maximum absolute atomic E-state index is 4.34. The Morgan fingerprint density at radius 1 is 1.19 bits per heavy atom. The van der Waals surface area contributed by atoms with E-state index in [-0.39, 0.29) is 0 Å². The van der Waals surface area contributed by atoms with Crippen LogP contribution in [0.5, 0.6) is 0 Å². The molecule has 0 atom stereocenters. The van der Waals surface area contributed by atoms with Crippen LogP contribution in [0.4, 0.5) is 5.82 Å². The quantitative estimate of drug-likeness (QED) is 0.885. The highest BCUT2D eigenvalue weighted by atomic mass is 32.1. The van der Waals surface area contributed by atoms with E-state index in [1.54, 1.807) is 11.3 Å². The largest absolute Gasteiger partial charge is 0.366 e. The lowest BCUT2D eigenvalue weighted by Crippen LogP contribution is -2.03. The molecule has 0 saturated heterocycles. The van der Waals surface area contributed by atoms with Gasteiger partial charge in [-0.05, 0) is 42.7 Å². The van der Waals surface area contributed by atoms with Gasteiger partial charge in [-0.25, -0.2) is 9.97 Å². The van der Waals surface area contributed by atoms with Crippen LogP contribution in [-0.2, 0) is 6.54 Å². The van der Waals surface area contributed by atoms with Crippen molar-refractivity contribution in [3.05, 3.63) is 39.5 Å². The highest BCUT2D eigenvalue weighted by Gasteiger charge is 2.01. The third-order valence-corrected chi connectivity index (χ3v) is 3.30. The van der Waals surface area contributed by atoms with Crippen LogP contribution in [0.25, 0.3) is 0 Å². The number of aromatic nitrogens is 2. The van der Waals surface area contributed by atoms with Crippen molar-refractivity contribution in [1.82, 2.24) is 9.97 Å².